The maximum absolute atomic E-state index is 14.3. The number of nitrogens with one attached hydrogen (secondary N) is 4. The van der Waals surface area contributed by atoms with E-state index in [1.54, 1.807) is 19.2 Å². The van der Waals surface area contributed by atoms with Crippen LogP contribution in [0.25, 0.3) is 10.9 Å². The first-order valence-electron chi connectivity index (χ1n) is 15.1. The third-order valence-electron chi connectivity index (χ3n) is 9.31. The van der Waals surface area contributed by atoms with Crippen molar-refractivity contribution >= 4 is 40.3 Å². The van der Waals surface area contributed by atoms with Gasteiger partial charge < -0.3 is 30.6 Å². The van der Waals surface area contributed by atoms with Crippen molar-refractivity contribution in [1.82, 2.24) is 25.8 Å². The molecular formula is C33H45N5O6. The zero-order valence-electron chi connectivity index (χ0n) is 26.7. The Morgan fingerprint density at radius 1 is 1.20 bits per heavy atom. The molecule has 3 heterocycles. The van der Waals surface area contributed by atoms with E-state index in [0.29, 0.717) is 25.3 Å². The van der Waals surface area contributed by atoms with E-state index in [2.05, 4.69) is 27.5 Å². The predicted octanol–water partition coefficient (Wildman–Crippen LogP) is 2.96. The van der Waals surface area contributed by atoms with E-state index in [9.17, 15) is 24.0 Å². The van der Waals surface area contributed by atoms with Gasteiger partial charge in [-0.1, -0.05) is 54.2 Å². The van der Waals surface area contributed by atoms with Crippen LogP contribution in [0.15, 0.2) is 36.9 Å². The van der Waals surface area contributed by atoms with Crippen molar-refractivity contribution < 1.29 is 28.7 Å². The molecule has 0 bridgehead atoms. The van der Waals surface area contributed by atoms with Gasteiger partial charge in [0.1, 0.15) is 23.5 Å². The molecule has 1 aromatic carbocycles. The van der Waals surface area contributed by atoms with Gasteiger partial charge in [0.2, 0.25) is 17.7 Å². The van der Waals surface area contributed by atoms with E-state index >= 15 is 0 Å². The number of aromatic nitrogens is 1. The van der Waals surface area contributed by atoms with Crippen LogP contribution in [0.5, 0.6) is 5.75 Å². The van der Waals surface area contributed by atoms with E-state index in [1.807, 2.05) is 53.7 Å². The van der Waals surface area contributed by atoms with Crippen LogP contribution < -0.4 is 20.7 Å². The highest BCUT2D eigenvalue weighted by molar-refractivity contribution is 6.03. The van der Waals surface area contributed by atoms with Gasteiger partial charge in [-0.2, -0.15) is 0 Å². The van der Waals surface area contributed by atoms with Crippen molar-refractivity contribution in [3.8, 4) is 5.75 Å². The molecule has 2 aromatic rings. The fourth-order valence-electron chi connectivity index (χ4n) is 6.25. The minimum atomic E-state index is -0.965. The molecule has 4 rings (SSSR count). The largest absolute Gasteiger partial charge is 0.496 e. The number of amides is 4. The SMILES string of the molecule is C=CC(=O)[C@H](C[C@@H]1CCNC1=O)NC(=O)[C@H]1N(C(=O)[C@@H](NC(=O)c2cc3c(OC)cccc3[nH]2)C(C)(C)C)C[C@@H](C)C1(C)C. The molecule has 0 aliphatic carbocycles. The number of aromatic amines is 1. The van der Waals surface area contributed by atoms with Crippen molar-refractivity contribution in [2.24, 2.45) is 22.7 Å². The molecule has 0 saturated carbocycles. The molecule has 0 radical (unpaired) electrons. The van der Waals surface area contributed by atoms with Crippen LogP contribution in [0.3, 0.4) is 0 Å². The molecule has 238 valence electrons. The second kappa shape index (κ2) is 12.5. The summed E-state index contributed by atoms with van der Waals surface area (Å²) in [5.74, 6) is -1.72. The average molecular weight is 608 g/mol. The minimum absolute atomic E-state index is 0.0612. The van der Waals surface area contributed by atoms with Crippen LogP contribution >= 0.6 is 0 Å². The molecule has 11 heteroatoms. The maximum atomic E-state index is 14.3. The van der Waals surface area contributed by atoms with Crippen LogP contribution in [0.2, 0.25) is 0 Å². The Bertz CT molecular complexity index is 1470. The Kier molecular flexibility index (Phi) is 9.27. The molecule has 2 fully saturated rings. The van der Waals surface area contributed by atoms with Gasteiger partial charge in [0.05, 0.1) is 13.2 Å². The highest BCUT2D eigenvalue weighted by Gasteiger charge is 2.54. The summed E-state index contributed by atoms with van der Waals surface area (Å²) in [5.41, 5.74) is -0.353. The molecule has 1 aromatic heterocycles. The monoisotopic (exact) mass is 607 g/mol. The van der Waals surface area contributed by atoms with Crippen molar-refractivity contribution in [3.05, 3.63) is 42.6 Å². The number of ketones is 1. The van der Waals surface area contributed by atoms with Crippen LogP contribution in [0.1, 0.15) is 64.9 Å². The number of carbonyl (C=O) groups excluding carboxylic acids is 5. The molecule has 4 N–H and O–H groups in total. The summed E-state index contributed by atoms with van der Waals surface area (Å²) in [6, 6.07) is 4.31. The summed E-state index contributed by atoms with van der Waals surface area (Å²) in [6.07, 6.45) is 1.87. The third kappa shape index (κ3) is 6.37. The second-order valence-electron chi connectivity index (χ2n) is 13.7. The third-order valence-corrected chi connectivity index (χ3v) is 9.31. The molecule has 4 amide bonds. The molecule has 2 aliphatic heterocycles. The number of fused-ring (bicyclic) bond motifs is 1. The fraction of sp³-hybridized carbons (Fsp3) is 0.545. The molecule has 44 heavy (non-hydrogen) atoms. The number of H-pyrrole nitrogens is 1. The highest BCUT2D eigenvalue weighted by atomic mass is 16.5. The van der Waals surface area contributed by atoms with Crippen molar-refractivity contribution in [3.63, 3.8) is 0 Å². The number of hydrogen-bond donors (Lipinski definition) is 4. The lowest BCUT2D eigenvalue weighted by atomic mass is 9.77. The van der Waals surface area contributed by atoms with E-state index in [1.165, 1.54) is 4.90 Å². The van der Waals surface area contributed by atoms with Gasteiger partial charge in [-0.25, -0.2) is 0 Å². The van der Waals surface area contributed by atoms with Gasteiger partial charge >= 0.3 is 0 Å². The number of likely N-dealkylation sites (tertiary alicyclic amines) is 1. The summed E-state index contributed by atoms with van der Waals surface area (Å²) >= 11 is 0. The molecule has 0 spiro atoms. The normalized spacial score (nSPS) is 22.7. The van der Waals surface area contributed by atoms with E-state index in [4.69, 9.17) is 4.74 Å². The van der Waals surface area contributed by atoms with Crippen molar-refractivity contribution in [2.45, 2.75) is 72.5 Å². The number of carbonyl (C=O) groups is 5. The first-order valence-corrected chi connectivity index (χ1v) is 15.1. The zero-order chi connectivity index (χ0) is 32.6. The fourth-order valence-corrected chi connectivity index (χ4v) is 6.25. The minimum Gasteiger partial charge on any atom is -0.496 e. The Morgan fingerprint density at radius 2 is 1.91 bits per heavy atom. The zero-order valence-corrected chi connectivity index (χ0v) is 26.7. The first kappa shape index (κ1) is 32.8. The Morgan fingerprint density at radius 3 is 2.50 bits per heavy atom. The molecule has 5 atom stereocenters. The van der Waals surface area contributed by atoms with Gasteiger partial charge in [0, 0.05) is 29.9 Å². The number of benzene rings is 1. The molecular weight excluding hydrogens is 562 g/mol. The summed E-state index contributed by atoms with van der Waals surface area (Å²) in [4.78, 5) is 71.5. The topological polar surface area (TPSA) is 150 Å². The van der Waals surface area contributed by atoms with Crippen LogP contribution in [-0.4, -0.2) is 77.6 Å². The Labute approximate surface area is 258 Å². The van der Waals surface area contributed by atoms with E-state index in [-0.39, 0.29) is 29.8 Å². The molecule has 2 aliphatic rings. The molecule has 2 saturated heterocycles. The van der Waals surface area contributed by atoms with Crippen LogP contribution in [-0.2, 0) is 19.2 Å². The molecule has 11 nitrogen and oxygen atoms in total. The van der Waals surface area contributed by atoms with E-state index in [0.717, 1.165) is 17.0 Å². The summed E-state index contributed by atoms with van der Waals surface area (Å²) in [5, 5.41) is 9.28. The number of nitrogens with zero attached hydrogens (tertiary/aromatic N) is 1. The number of hydrogen-bond acceptors (Lipinski definition) is 6. The van der Waals surface area contributed by atoms with Gasteiger partial charge in [-0.05, 0) is 53.9 Å². The Balaban J connectivity index is 1.60. The second-order valence-corrected chi connectivity index (χ2v) is 13.7. The molecule has 0 unspecified atom stereocenters. The first-order chi connectivity index (χ1) is 20.6. The summed E-state index contributed by atoms with van der Waals surface area (Å²) in [6.45, 7) is 15.8. The number of ether oxygens (including phenoxy) is 1. The number of rotatable bonds is 10. The van der Waals surface area contributed by atoms with Gasteiger partial charge in [0.25, 0.3) is 5.91 Å². The Hall–Kier alpha value is -4.15. The maximum Gasteiger partial charge on any atom is 0.268 e. The summed E-state index contributed by atoms with van der Waals surface area (Å²) in [7, 11) is 1.56. The predicted molar refractivity (Wildman–Crippen MR) is 167 cm³/mol. The smallest absolute Gasteiger partial charge is 0.268 e. The number of methoxy groups -OCH3 is 1. The lowest BCUT2D eigenvalue weighted by Gasteiger charge is -2.38. The van der Waals surface area contributed by atoms with E-state index < -0.39 is 52.5 Å². The van der Waals surface area contributed by atoms with Gasteiger partial charge in [-0.3, -0.25) is 24.0 Å². The lowest BCUT2D eigenvalue weighted by Crippen LogP contribution is -2.60. The quantitative estimate of drug-likeness (QED) is 0.305. The van der Waals surface area contributed by atoms with Crippen LogP contribution in [0, 0.1) is 22.7 Å². The van der Waals surface area contributed by atoms with Crippen molar-refractivity contribution in [1.29, 1.82) is 0 Å². The van der Waals surface area contributed by atoms with Crippen LogP contribution in [0.4, 0.5) is 0 Å². The lowest BCUT2D eigenvalue weighted by molar-refractivity contribution is -0.144. The standard InChI is InChI=1S/C33H45N5O6/c1-9-24(39)22(15-19-13-14-34-28(19)40)36-30(42)27-33(6,7)18(2)17-38(27)31(43)26(32(3,4)5)37-29(41)23-16-20-21(35-23)11-10-12-25(20)44-8/h9-12,16,18-19,22,26-27,35H,1,13-15,17H2,2-8H3,(H,34,40)(H,36,42)(H,37,41)/t18-,19+,22+,26-,27-/m1/s1. The van der Waals surface area contributed by atoms with Crippen molar-refractivity contribution in [2.75, 3.05) is 20.2 Å². The summed E-state index contributed by atoms with van der Waals surface area (Å²) < 4.78 is 5.42. The van der Waals surface area contributed by atoms with Gasteiger partial charge in [-0.15, -0.1) is 0 Å². The van der Waals surface area contributed by atoms with Gasteiger partial charge in [0.15, 0.2) is 5.78 Å². The highest BCUT2D eigenvalue weighted by Crippen LogP contribution is 2.42. The average Bonchev–Trinajstić information content (AvgIpc) is 3.65.